The summed E-state index contributed by atoms with van der Waals surface area (Å²) >= 11 is 6.11. The molecule has 0 radical (unpaired) electrons. The summed E-state index contributed by atoms with van der Waals surface area (Å²) in [4.78, 5) is 20.3. The molecular formula is C23H25ClFN3O4S. The summed E-state index contributed by atoms with van der Waals surface area (Å²) in [5, 5.41) is -0.522. The van der Waals surface area contributed by atoms with Crippen molar-refractivity contribution < 1.29 is 17.5 Å². The Labute approximate surface area is 197 Å². The Morgan fingerprint density at radius 1 is 1.21 bits per heavy atom. The van der Waals surface area contributed by atoms with Crippen molar-refractivity contribution in [2.24, 2.45) is 7.05 Å². The van der Waals surface area contributed by atoms with Gasteiger partial charge in [-0.25, -0.2) is 12.8 Å². The maximum Gasteiger partial charge on any atom is 0.322 e. The summed E-state index contributed by atoms with van der Waals surface area (Å²) < 4.78 is 47.3. The monoisotopic (exact) mass is 493 g/mol. The fraction of sp³-hybridized carbons (Fsp3) is 0.348. The highest BCUT2D eigenvalue weighted by atomic mass is 35.5. The molecule has 3 rings (SSSR count). The van der Waals surface area contributed by atoms with E-state index in [1.54, 1.807) is 33.2 Å². The highest BCUT2D eigenvalue weighted by Gasteiger charge is 2.23. The van der Waals surface area contributed by atoms with Crippen LogP contribution in [0, 0.1) is 12.7 Å². The van der Waals surface area contributed by atoms with E-state index >= 15 is 0 Å². The van der Waals surface area contributed by atoms with Crippen LogP contribution >= 0.6 is 11.6 Å². The number of aromatic nitrogens is 3. The van der Waals surface area contributed by atoms with Gasteiger partial charge in [0, 0.05) is 24.9 Å². The molecule has 3 aromatic rings. The van der Waals surface area contributed by atoms with E-state index in [4.69, 9.17) is 16.3 Å². The first-order valence-electron chi connectivity index (χ1n) is 10.4. The van der Waals surface area contributed by atoms with Crippen LogP contribution in [-0.2, 0) is 22.6 Å². The minimum atomic E-state index is -3.50. The van der Waals surface area contributed by atoms with Crippen LogP contribution in [0.4, 0.5) is 4.39 Å². The fourth-order valence-corrected chi connectivity index (χ4v) is 4.86. The van der Waals surface area contributed by atoms with E-state index < -0.39 is 20.9 Å². The highest BCUT2D eigenvalue weighted by Crippen LogP contribution is 2.33. The number of nitrogens with zero attached hydrogens (tertiary/aromatic N) is 3. The molecule has 0 bridgehead atoms. The normalized spacial score (nSPS) is 12.5. The van der Waals surface area contributed by atoms with E-state index in [-0.39, 0.29) is 33.8 Å². The van der Waals surface area contributed by atoms with Gasteiger partial charge in [-0.2, -0.15) is 9.97 Å². The molecule has 2 heterocycles. The van der Waals surface area contributed by atoms with Gasteiger partial charge in [-0.1, -0.05) is 31.0 Å². The minimum Gasteiger partial charge on any atom is -0.420 e. The lowest BCUT2D eigenvalue weighted by Gasteiger charge is -2.14. The Bertz CT molecular complexity index is 1340. The van der Waals surface area contributed by atoms with Crippen molar-refractivity contribution in [3.05, 3.63) is 69.0 Å². The molecule has 0 N–H and O–H groups in total. The molecule has 0 spiro atoms. The zero-order valence-electron chi connectivity index (χ0n) is 18.8. The van der Waals surface area contributed by atoms with Crippen LogP contribution in [0.15, 0.2) is 41.3 Å². The van der Waals surface area contributed by atoms with Gasteiger partial charge in [0.05, 0.1) is 27.4 Å². The first-order chi connectivity index (χ1) is 15.5. The number of aryl methyl sites for hydroxylation is 2. The number of halogens is 2. The van der Waals surface area contributed by atoms with Crippen molar-refractivity contribution in [2.75, 3.05) is 0 Å². The molecule has 1 aromatic carbocycles. The summed E-state index contributed by atoms with van der Waals surface area (Å²) in [7, 11) is -1.92. The molecule has 176 valence electrons. The van der Waals surface area contributed by atoms with Crippen LogP contribution in [-0.4, -0.2) is 28.2 Å². The van der Waals surface area contributed by atoms with Crippen molar-refractivity contribution in [3.63, 3.8) is 0 Å². The summed E-state index contributed by atoms with van der Waals surface area (Å²) in [5.74, 6) is -1.25. The van der Waals surface area contributed by atoms with Crippen LogP contribution < -0.4 is 10.3 Å². The first kappa shape index (κ1) is 24.9. The molecule has 7 nitrogen and oxygen atoms in total. The number of hydrogen-bond acceptors (Lipinski definition) is 6. The predicted molar refractivity (Wildman–Crippen MR) is 126 cm³/mol. The van der Waals surface area contributed by atoms with E-state index in [0.717, 1.165) is 6.42 Å². The standard InChI is InChI=1S/C23H25ClFN3O4S/c1-5-6-15(3)33(30,31)13-17-11-19(16-8-10-20(29)28(4)12-16)27-23(26-17)32-22-18(24)9-7-14(2)21(22)25/h7-12,15H,5-6,13H2,1-4H3/t15-/m0/s1. The molecular weight excluding hydrogens is 469 g/mol. The van der Waals surface area contributed by atoms with Crippen LogP contribution in [0.5, 0.6) is 11.8 Å². The number of benzene rings is 1. The zero-order chi connectivity index (χ0) is 24.3. The molecule has 0 unspecified atom stereocenters. The first-order valence-corrected chi connectivity index (χ1v) is 12.5. The Morgan fingerprint density at radius 2 is 1.94 bits per heavy atom. The molecule has 1 atom stereocenters. The Hall–Kier alpha value is -2.78. The number of hydrogen-bond donors (Lipinski definition) is 0. The molecule has 0 fully saturated rings. The van der Waals surface area contributed by atoms with Gasteiger partial charge in [-0.05, 0) is 44.0 Å². The quantitative estimate of drug-likeness (QED) is 0.446. The largest absolute Gasteiger partial charge is 0.420 e. The fourth-order valence-electron chi connectivity index (χ4n) is 3.24. The number of pyridine rings is 1. The van der Waals surface area contributed by atoms with Gasteiger partial charge in [0.15, 0.2) is 21.4 Å². The SMILES string of the molecule is CCC[C@H](C)S(=O)(=O)Cc1cc(-c2ccc(=O)n(C)c2)nc(Oc2c(Cl)ccc(C)c2F)n1. The Morgan fingerprint density at radius 3 is 2.61 bits per heavy atom. The van der Waals surface area contributed by atoms with Crippen LogP contribution in [0.1, 0.15) is 37.9 Å². The molecule has 0 aliphatic heterocycles. The summed E-state index contributed by atoms with van der Waals surface area (Å²) in [6.07, 6.45) is 2.81. The summed E-state index contributed by atoms with van der Waals surface area (Å²) in [5.41, 5.74) is 1.17. The second-order valence-corrected chi connectivity index (χ2v) is 10.7. The van der Waals surface area contributed by atoms with E-state index in [1.807, 2.05) is 6.92 Å². The van der Waals surface area contributed by atoms with E-state index in [1.165, 1.54) is 28.8 Å². The van der Waals surface area contributed by atoms with Gasteiger partial charge in [0.1, 0.15) is 0 Å². The maximum atomic E-state index is 14.6. The average Bonchev–Trinajstić information content (AvgIpc) is 2.75. The molecule has 10 heteroatoms. The van der Waals surface area contributed by atoms with E-state index in [2.05, 4.69) is 9.97 Å². The van der Waals surface area contributed by atoms with Gasteiger partial charge in [-0.15, -0.1) is 0 Å². The van der Waals surface area contributed by atoms with E-state index in [0.29, 0.717) is 23.2 Å². The lowest BCUT2D eigenvalue weighted by molar-refractivity contribution is 0.409. The van der Waals surface area contributed by atoms with Gasteiger partial charge in [-0.3, -0.25) is 4.79 Å². The third-order valence-corrected chi connectivity index (χ3v) is 7.69. The number of sulfone groups is 1. The van der Waals surface area contributed by atoms with Crippen molar-refractivity contribution in [2.45, 2.75) is 44.6 Å². The summed E-state index contributed by atoms with van der Waals surface area (Å²) in [6, 6.07) is 7.21. The minimum absolute atomic E-state index is 0.0277. The van der Waals surface area contributed by atoms with Gasteiger partial charge in [0.2, 0.25) is 5.56 Å². The Kier molecular flexibility index (Phi) is 7.54. The zero-order valence-corrected chi connectivity index (χ0v) is 20.4. The lowest BCUT2D eigenvalue weighted by atomic mass is 10.2. The number of rotatable bonds is 8. The second kappa shape index (κ2) is 10.0. The van der Waals surface area contributed by atoms with Crippen molar-refractivity contribution in [3.8, 4) is 23.0 Å². The average molecular weight is 494 g/mol. The molecule has 0 aliphatic rings. The van der Waals surface area contributed by atoms with Crippen molar-refractivity contribution in [1.82, 2.24) is 14.5 Å². The lowest BCUT2D eigenvalue weighted by Crippen LogP contribution is -2.20. The predicted octanol–water partition coefficient (Wildman–Crippen LogP) is 4.84. The van der Waals surface area contributed by atoms with Crippen molar-refractivity contribution in [1.29, 1.82) is 0 Å². The smallest absolute Gasteiger partial charge is 0.322 e. The highest BCUT2D eigenvalue weighted by molar-refractivity contribution is 7.91. The van der Waals surface area contributed by atoms with Crippen molar-refractivity contribution >= 4 is 21.4 Å². The third kappa shape index (κ3) is 5.78. The third-order valence-electron chi connectivity index (χ3n) is 5.23. The Balaban J connectivity index is 2.11. The molecule has 2 aromatic heterocycles. The number of ether oxygens (including phenoxy) is 1. The van der Waals surface area contributed by atoms with Crippen LogP contribution in [0.3, 0.4) is 0 Å². The van der Waals surface area contributed by atoms with Gasteiger partial charge >= 0.3 is 6.01 Å². The van der Waals surface area contributed by atoms with Gasteiger partial charge < -0.3 is 9.30 Å². The van der Waals surface area contributed by atoms with Crippen LogP contribution in [0.2, 0.25) is 5.02 Å². The maximum absolute atomic E-state index is 14.6. The summed E-state index contributed by atoms with van der Waals surface area (Å²) in [6.45, 7) is 5.14. The molecule has 0 saturated heterocycles. The molecule has 0 aliphatic carbocycles. The molecule has 33 heavy (non-hydrogen) atoms. The molecule has 0 saturated carbocycles. The van der Waals surface area contributed by atoms with Gasteiger partial charge in [0.25, 0.3) is 0 Å². The second-order valence-electron chi connectivity index (χ2n) is 7.91. The van der Waals surface area contributed by atoms with E-state index in [9.17, 15) is 17.6 Å². The van der Waals surface area contributed by atoms with Crippen LogP contribution in [0.25, 0.3) is 11.3 Å². The topological polar surface area (TPSA) is 91.2 Å². The molecule has 0 amide bonds.